The Kier molecular flexibility index (Phi) is 3.33. The zero-order valence-electron chi connectivity index (χ0n) is 11.1. The predicted molar refractivity (Wildman–Crippen MR) is 77.9 cm³/mol. The summed E-state index contributed by atoms with van der Waals surface area (Å²) in [5.41, 5.74) is 3.72. The second kappa shape index (κ2) is 5.29. The average Bonchev–Trinajstić information content (AvgIpc) is 2.48. The van der Waals surface area contributed by atoms with Gasteiger partial charge < -0.3 is 5.32 Å². The Bertz CT molecular complexity index is 662. The number of benzene rings is 2. The maximum atomic E-state index is 12.2. The molecule has 1 heterocycles. The molecule has 3 heteroatoms. The van der Waals surface area contributed by atoms with Crippen LogP contribution in [0.2, 0.25) is 0 Å². The van der Waals surface area contributed by atoms with Crippen LogP contribution in [0.4, 0.5) is 5.69 Å². The number of amides is 1. The van der Waals surface area contributed by atoms with Crippen LogP contribution in [0.3, 0.4) is 0 Å². The minimum Gasteiger partial charge on any atom is -0.326 e. The van der Waals surface area contributed by atoms with E-state index in [1.165, 1.54) is 0 Å². The van der Waals surface area contributed by atoms with Crippen molar-refractivity contribution in [3.8, 4) is 0 Å². The van der Waals surface area contributed by atoms with Gasteiger partial charge in [-0.25, -0.2) is 0 Å². The maximum Gasteiger partial charge on any atom is 0.224 e. The van der Waals surface area contributed by atoms with Crippen LogP contribution >= 0.6 is 0 Å². The van der Waals surface area contributed by atoms with E-state index >= 15 is 0 Å². The molecular formula is C17H15NO2. The predicted octanol–water partition coefficient (Wildman–Crippen LogP) is 3.00. The maximum absolute atomic E-state index is 12.2. The van der Waals surface area contributed by atoms with Gasteiger partial charge in [0.2, 0.25) is 5.91 Å². The molecule has 3 rings (SSSR count). The summed E-state index contributed by atoms with van der Waals surface area (Å²) in [6.07, 6.45) is 1.66. The van der Waals surface area contributed by atoms with Crippen LogP contribution < -0.4 is 5.32 Å². The van der Waals surface area contributed by atoms with Crippen molar-refractivity contribution in [3.63, 3.8) is 0 Å². The first-order chi connectivity index (χ1) is 9.72. The molecule has 1 aliphatic rings. The lowest BCUT2D eigenvalue weighted by Crippen LogP contribution is -2.19. The van der Waals surface area contributed by atoms with Gasteiger partial charge in [0.15, 0.2) is 5.78 Å². The topological polar surface area (TPSA) is 46.2 Å². The van der Waals surface area contributed by atoms with Crippen LogP contribution in [0.15, 0.2) is 48.5 Å². The van der Waals surface area contributed by atoms with Gasteiger partial charge in [0.05, 0.1) is 0 Å². The van der Waals surface area contributed by atoms with Crippen LogP contribution in [0.25, 0.3) is 0 Å². The highest BCUT2D eigenvalue weighted by Crippen LogP contribution is 2.24. The Morgan fingerprint density at radius 1 is 1.05 bits per heavy atom. The van der Waals surface area contributed by atoms with Crippen molar-refractivity contribution < 1.29 is 9.59 Å². The summed E-state index contributed by atoms with van der Waals surface area (Å²) in [5.74, 6) is 0.177. The quantitative estimate of drug-likeness (QED) is 0.867. The molecule has 20 heavy (non-hydrogen) atoms. The first-order valence-electron chi connectivity index (χ1n) is 6.72. The number of anilines is 1. The van der Waals surface area contributed by atoms with Crippen molar-refractivity contribution >= 4 is 17.4 Å². The van der Waals surface area contributed by atoms with E-state index in [9.17, 15) is 9.59 Å². The zero-order valence-corrected chi connectivity index (χ0v) is 11.1. The lowest BCUT2D eigenvalue weighted by atomic mass is 9.97. The van der Waals surface area contributed by atoms with Gasteiger partial charge in [-0.2, -0.15) is 0 Å². The molecule has 0 saturated heterocycles. The fraction of sp³-hybridized carbons (Fsp3) is 0.176. The van der Waals surface area contributed by atoms with Crippen LogP contribution in [0.5, 0.6) is 0 Å². The Balaban J connectivity index is 1.79. The van der Waals surface area contributed by atoms with Crippen molar-refractivity contribution in [2.45, 2.75) is 19.3 Å². The Morgan fingerprint density at radius 3 is 2.65 bits per heavy atom. The van der Waals surface area contributed by atoms with Gasteiger partial charge in [0.25, 0.3) is 0 Å². The van der Waals surface area contributed by atoms with Gasteiger partial charge in [0, 0.05) is 24.1 Å². The van der Waals surface area contributed by atoms with Crippen molar-refractivity contribution in [1.29, 1.82) is 0 Å². The number of hydrogen-bond donors (Lipinski definition) is 1. The molecule has 0 bridgehead atoms. The minimum absolute atomic E-state index is 0.0608. The monoisotopic (exact) mass is 265 g/mol. The number of Topliss-reactive ketones (excluding diaryl/α,β-unsaturated/α-hetero) is 1. The fourth-order valence-electron chi connectivity index (χ4n) is 2.46. The van der Waals surface area contributed by atoms with Crippen molar-refractivity contribution in [2.24, 2.45) is 0 Å². The van der Waals surface area contributed by atoms with Gasteiger partial charge >= 0.3 is 0 Å². The second-order valence-electron chi connectivity index (χ2n) is 5.01. The molecule has 1 amide bonds. The molecule has 100 valence electrons. The van der Waals surface area contributed by atoms with E-state index in [1.807, 2.05) is 48.5 Å². The summed E-state index contributed by atoms with van der Waals surface area (Å²) in [6.45, 7) is 0. The summed E-state index contributed by atoms with van der Waals surface area (Å²) < 4.78 is 0. The van der Waals surface area contributed by atoms with Gasteiger partial charge in [-0.1, -0.05) is 42.5 Å². The highest BCUT2D eigenvalue weighted by atomic mass is 16.1. The molecule has 2 aromatic rings. The standard InChI is InChI=1S/C17H15NO2/c19-16(13-4-2-1-3-5-13)11-12-6-8-15-14(10-12)7-9-17(20)18-15/h1-6,8,10H,7,9,11H2,(H,18,20). The number of aryl methyl sites for hydroxylation is 1. The Labute approximate surface area is 117 Å². The first-order valence-corrected chi connectivity index (χ1v) is 6.72. The second-order valence-corrected chi connectivity index (χ2v) is 5.01. The summed E-state index contributed by atoms with van der Waals surface area (Å²) in [6, 6.07) is 15.1. The first kappa shape index (κ1) is 12.6. The van der Waals surface area contributed by atoms with Crippen LogP contribution in [0.1, 0.15) is 27.9 Å². The molecule has 0 aromatic heterocycles. The Morgan fingerprint density at radius 2 is 1.85 bits per heavy atom. The van der Waals surface area contributed by atoms with E-state index in [0.717, 1.165) is 28.8 Å². The average molecular weight is 265 g/mol. The lowest BCUT2D eigenvalue weighted by molar-refractivity contribution is -0.116. The minimum atomic E-state index is 0.0608. The number of hydrogen-bond acceptors (Lipinski definition) is 2. The summed E-state index contributed by atoms with van der Waals surface area (Å²) >= 11 is 0. The molecule has 1 N–H and O–H groups in total. The Hall–Kier alpha value is -2.42. The van der Waals surface area contributed by atoms with Crippen molar-refractivity contribution in [3.05, 3.63) is 65.2 Å². The summed E-state index contributed by atoms with van der Waals surface area (Å²) in [7, 11) is 0. The van der Waals surface area contributed by atoms with Crippen LogP contribution in [-0.4, -0.2) is 11.7 Å². The molecule has 2 aromatic carbocycles. The van der Waals surface area contributed by atoms with Crippen LogP contribution in [-0.2, 0) is 17.6 Å². The number of carbonyl (C=O) groups excluding carboxylic acids is 2. The van der Waals surface area contributed by atoms with E-state index in [0.29, 0.717) is 12.8 Å². The van der Waals surface area contributed by atoms with E-state index in [2.05, 4.69) is 5.32 Å². The SMILES string of the molecule is O=C1CCc2cc(CC(=O)c3ccccc3)ccc2N1. The number of nitrogens with one attached hydrogen (secondary N) is 1. The third-order valence-electron chi connectivity index (χ3n) is 3.53. The summed E-state index contributed by atoms with van der Waals surface area (Å²) in [4.78, 5) is 23.5. The molecule has 0 atom stereocenters. The van der Waals surface area contributed by atoms with E-state index in [4.69, 9.17) is 0 Å². The smallest absolute Gasteiger partial charge is 0.224 e. The third kappa shape index (κ3) is 2.62. The molecule has 3 nitrogen and oxygen atoms in total. The number of rotatable bonds is 3. The molecule has 0 aliphatic carbocycles. The number of ketones is 1. The lowest BCUT2D eigenvalue weighted by Gasteiger charge is -2.17. The van der Waals surface area contributed by atoms with E-state index in [1.54, 1.807) is 0 Å². The summed E-state index contributed by atoms with van der Waals surface area (Å²) in [5, 5.41) is 2.85. The van der Waals surface area contributed by atoms with Crippen LogP contribution in [0, 0.1) is 0 Å². The fourth-order valence-corrected chi connectivity index (χ4v) is 2.46. The molecule has 0 unspecified atom stereocenters. The highest BCUT2D eigenvalue weighted by molar-refractivity contribution is 5.98. The highest BCUT2D eigenvalue weighted by Gasteiger charge is 2.15. The van der Waals surface area contributed by atoms with Gasteiger partial charge in [-0.15, -0.1) is 0 Å². The normalized spacial score (nSPS) is 13.5. The van der Waals surface area contributed by atoms with Crippen molar-refractivity contribution in [2.75, 3.05) is 5.32 Å². The molecule has 1 aliphatic heterocycles. The third-order valence-corrected chi connectivity index (χ3v) is 3.53. The number of fused-ring (bicyclic) bond motifs is 1. The number of carbonyl (C=O) groups is 2. The van der Waals surface area contributed by atoms with Gasteiger partial charge in [-0.3, -0.25) is 9.59 Å². The zero-order chi connectivity index (χ0) is 13.9. The van der Waals surface area contributed by atoms with E-state index < -0.39 is 0 Å². The van der Waals surface area contributed by atoms with Gasteiger partial charge in [-0.05, 0) is 23.6 Å². The molecule has 0 fully saturated rings. The van der Waals surface area contributed by atoms with Crippen molar-refractivity contribution in [1.82, 2.24) is 0 Å². The molecular weight excluding hydrogens is 250 g/mol. The van der Waals surface area contributed by atoms with Gasteiger partial charge in [0.1, 0.15) is 0 Å². The molecule has 0 radical (unpaired) electrons. The molecule has 0 saturated carbocycles. The van der Waals surface area contributed by atoms with E-state index in [-0.39, 0.29) is 11.7 Å². The molecule has 0 spiro atoms. The largest absolute Gasteiger partial charge is 0.326 e.